The van der Waals surface area contributed by atoms with Gasteiger partial charge in [0.25, 0.3) is 5.56 Å². The number of aromatic amines is 1. The normalized spacial score (nSPS) is 27.1. The summed E-state index contributed by atoms with van der Waals surface area (Å²) in [5, 5.41) is 0.0133. The van der Waals surface area contributed by atoms with Gasteiger partial charge in [0.1, 0.15) is 0 Å². The topological polar surface area (TPSA) is 130 Å². The fourth-order valence-corrected chi connectivity index (χ4v) is 4.91. The van der Waals surface area contributed by atoms with E-state index in [9.17, 15) is 22.8 Å². The number of hydrogen-bond donors (Lipinski definition) is 3. The highest BCUT2D eigenvalue weighted by molar-refractivity contribution is 7.89. The van der Waals surface area contributed by atoms with E-state index in [2.05, 4.69) is 15.1 Å². The Hall–Kier alpha value is -2.46. The van der Waals surface area contributed by atoms with Crippen LogP contribution in [-0.4, -0.2) is 29.5 Å². The molecule has 3 aliphatic carbocycles. The summed E-state index contributed by atoms with van der Waals surface area (Å²) in [6.07, 6.45) is 3.08. The lowest BCUT2D eigenvalue weighted by Crippen LogP contribution is -2.44. The van der Waals surface area contributed by atoms with Crippen LogP contribution in [0.2, 0.25) is 0 Å². The largest absolute Gasteiger partial charge is 0.348 e. The number of nitrogens with zero attached hydrogens (tertiary/aromatic N) is 1. The Morgan fingerprint density at radius 3 is 2.52 bits per heavy atom. The lowest BCUT2D eigenvalue weighted by molar-refractivity contribution is -0.120. The van der Waals surface area contributed by atoms with E-state index < -0.39 is 32.2 Å². The van der Waals surface area contributed by atoms with Crippen LogP contribution in [0.5, 0.6) is 0 Å². The second-order valence-electron chi connectivity index (χ2n) is 8.15. The van der Waals surface area contributed by atoms with Crippen molar-refractivity contribution in [3.63, 3.8) is 0 Å². The van der Waals surface area contributed by atoms with E-state index in [-0.39, 0.29) is 21.7 Å². The second kappa shape index (κ2) is 4.87. The first-order valence-electron chi connectivity index (χ1n) is 8.78. The van der Waals surface area contributed by atoms with Gasteiger partial charge in [-0.15, -0.1) is 0 Å². The molecule has 27 heavy (non-hydrogen) atoms. The van der Waals surface area contributed by atoms with Gasteiger partial charge in [0, 0.05) is 5.54 Å². The molecule has 1 aromatic heterocycles. The van der Waals surface area contributed by atoms with Crippen LogP contribution in [0.4, 0.5) is 0 Å². The molecule has 1 heterocycles. The van der Waals surface area contributed by atoms with Crippen molar-refractivity contribution in [2.45, 2.75) is 43.0 Å². The summed E-state index contributed by atoms with van der Waals surface area (Å²) in [5.41, 5.74) is 0.205. The molecule has 3 fully saturated rings. The van der Waals surface area contributed by atoms with E-state index >= 15 is 0 Å². The fraction of sp³-hybridized carbons (Fsp3) is 0.471. The number of nitrogens with one attached hydrogen (secondary N) is 3. The Balaban J connectivity index is 1.56. The van der Waals surface area contributed by atoms with Crippen molar-refractivity contribution in [3.05, 3.63) is 39.0 Å². The van der Waals surface area contributed by atoms with Gasteiger partial charge in [-0.25, -0.2) is 17.9 Å². The van der Waals surface area contributed by atoms with Crippen molar-refractivity contribution < 1.29 is 13.2 Å². The third-order valence-corrected chi connectivity index (χ3v) is 7.54. The van der Waals surface area contributed by atoms with Crippen LogP contribution in [-0.2, 0) is 14.8 Å². The van der Waals surface area contributed by atoms with Gasteiger partial charge in [-0.05, 0) is 56.7 Å². The predicted molar refractivity (Wildman–Crippen MR) is 96.3 cm³/mol. The molecule has 3 N–H and O–H groups in total. The van der Waals surface area contributed by atoms with Gasteiger partial charge in [-0.2, -0.15) is 4.68 Å². The highest BCUT2D eigenvalue weighted by Crippen LogP contribution is 2.75. The Morgan fingerprint density at radius 1 is 1.26 bits per heavy atom. The van der Waals surface area contributed by atoms with Gasteiger partial charge in [0.2, 0.25) is 15.9 Å². The van der Waals surface area contributed by atoms with Crippen molar-refractivity contribution in [2.75, 3.05) is 5.43 Å². The van der Waals surface area contributed by atoms with E-state index in [1.807, 2.05) is 6.92 Å². The molecule has 2 aromatic rings. The fourth-order valence-electron chi connectivity index (χ4n) is 3.42. The quantitative estimate of drug-likeness (QED) is 0.662. The maximum atomic E-state index is 12.7. The van der Waals surface area contributed by atoms with Crippen molar-refractivity contribution in [2.24, 2.45) is 11.3 Å². The van der Waals surface area contributed by atoms with Crippen LogP contribution in [0.1, 0.15) is 32.6 Å². The smallest absolute Gasteiger partial charge is 0.305 e. The van der Waals surface area contributed by atoms with Crippen molar-refractivity contribution >= 4 is 26.8 Å². The molecule has 0 aliphatic heterocycles. The average molecular weight is 390 g/mol. The highest BCUT2D eigenvalue weighted by Gasteiger charge is 2.74. The average Bonchev–Trinajstić information content (AvgIpc) is 3.47. The first-order chi connectivity index (χ1) is 12.6. The molecule has 9 nitrogen and oxygen atoms in total. The molecule has 0 atom stereocenters. The lowest BCUT2D eigenvalue weighted by Gasteiger charge is -2.13. The molecule has 10 heteroatoms. The molecular weight excluding hydrogens is 372 g/mol. The third-order valence-electron chi connectivity index (χ3n) is 5.91. The number of amides is 1. The molecule has 1 amide bonds. The summed E-state index contributed by atoms with van der Waals surface area (Å²) >= 11 is 0. The molecule has 3 saturated carbocycles. The van der Waals surface area contributed by atoms with Crippen LogP contribution in [0.15, 0.2) is 32.7 Å². The van der Waals surface area contributed by atoms with E-state index in [0.717, 1.165) is 25.7 Å². The molecule has 0 spiro atoms. The molecule has 3 aliphatic rings. The number of carbonyl (C=O) groups is 1. The third kappa shape index (κ3) is 2.54. The Morgan fingerprint density at radius 2 is 1.93 bits per heavy atom. The zero-order valence-electron chi connectivity index (χ0n) is 14.5. The SMILES string of the molecule is CC1(NS(=O)(=O)c2ccc3[nH]c(=O)n(NC(=O)C45CC4C5)c(=O)c3c2)CC1. The first kappa shape index (κ1) is 16.7. The van der Waals surface area contributed by atoms with Crippen molar-refractivity contribution in [1.29, 1.82) is 0 Å². The van der Waals surface area contributed by atoms with Crippen LogP contribution >= 0.6 is 0 Å². The van der Waals surface area contributed by atoms with Crippen LogP contribution in [0.25, 0.3) is 10.9 Å². The molecule has 0 radical (unpaired) electrons. The van der Waals surface area contributed by atoms with E-state index in [0.29, 0.717) is 10.6 Å². The van der Waals surface area contributed by atoms with Gasteiger partial charge >= 0.3 is 5.69 Å². The Kier molecular flexibility index (Phi) is 3.01. The molecule has 5 rings (SSSR count). The van der Waals surface area contributed by atoms with E-state index in [1.54, 1.807) is 0 Å². The minimum Gasteiger partial charge on any atom is -0.305 e. The van der Waals surface area contributed by atoms with E-state index in [1.165, 1.54) is 18.2 Å². The zero-order chi connectivity index (χ0) is 19.2. The second-order valence-corrected chi connectivity index (χ2v) is 9.83. The number of sulfonamides is 1. The monoisotopic (exact) mass is 390 g/mol. The summed E-state index contributed by atoms with van der Waals surface area (Å²) in [5.74, 6) is 0.0194. The van der Waals surface area contributed by atoms with Gasteiger partial charge < -0.3 is 4.98 Å². The van der Waals surface area contributed by atoms with Crippen LogP contribution < -0.4 is 21.4 Å². The molecule has 0 bridgehead atoms. The summed E-state index contributed by atoms with van der Waals surface area (Å²) in [6, 6.07) is 3.94. The van der Waals surface area contributed by atoms with Crippen LogP contribution in [0, 0.1) is 11.3 Å². The maximum Gasteiger partial charge on any atom is 0.348 e. The highest BCUT2D eigenvalue weighted by atomic mass is 32.2. The standard InChI is InChI=1S/C17H18N4O5S/c1-16(4-5-16)20-27(25,26)10-2-3-12-11(6-10)13(22)21(15(24)18-12)19-14(23)17-7-9(17)8-17/h2-3,6,9,20H,4-5,7-8H2,1H3,(H,18,24)(H,19,23). The van der Waals surface area contributed by atoms with E-state index in [4.69, 9.17) is 0 Å². The number of hydrogen-bond acceptors (Lipinski definition) is 5. The number of rotatable bonds is 5. The molecule has 1 aromatic carbocycles. The summed E-state index contributed by atoms with van der Waals surface area (Å²) in [6.45, 7) is 1.81. The molecular formula is C17H18N4O5S. The van der Waals surface area contributed by atoms with Crippen LogP contribution in [0.3, 0.4) is 0 Å². The Labute approximate surface area is 153 Å². The summed E-state index contributed by atoms with van der Waals surface area (Å²) in [4.78, 5) is 39.6. The van der Waals surface area contributed by atoms with Gasteiger partial charge in [-0.3, -0.25) is 15.0 Å². The summed E-state index contributed by atoms with van der Waals surface area (Å²) < 4.78 is 28.4. The number of H-pyrrole nitrogens is 1. The summed E-state index contributed by atoms with van der Waals surface area (Å²) in [7, 11) is -3.79. The number of fused-ring (bicyclic) bond motifs is 2. The predicted octanol–water partition coefficient (Wildman–Crippen LogP) is 0.000700. The zero-order valence-corrected chi connectivity index (χ0v) is 15.4. The molecule has 142 valence electrons. The lowest BCUT2D eigenvalue weighted by atomic mass is 10.2. The number of benzene rings is 1. The number of carbonyl (C=O) groups excluding carboxylic acids is 1. The maximum absolute atomic E-state index is 12.7. The minimum absolute atomic E-state index is 0.0133. The van der Waals surface area contributed by atoms with Gasteiger partial charge in [0.05, 0.1) is 21.2 Å². The first-order valence-corrected chi connectivity index (χ1v) is 10.3. The van der Waals surface area contributed by atoms with Gasteiger partial charge in [0.15, 0.2) is 0 Å². The van der Waals surface area contributed by atoms with Crippen molar-refractivity contribution in [3.8, 4) is 0 Å². The number of aromatic nitrogens is 2. The Bertz CT molecular complexity index is 1230. The van der Waals surface area contributed by atoms with Crippen molar-refractivity contribution in [1.82, 2.24) is 14.4 Å². The molecule has 0 saturated heterocycles. The van der Waals surface area contributed by atoms with Gasteiger partial charge in [-0.1, -0.05) is 0 Å². The molecule has 0 unspecified atom stereocenters. The minimum atomic E-state index is -3.79.